The van der Waals surface area contributed by atoms with Crippen LogP contribution in [-0.4, -0.2) is 36.9 Å². The normalized spacial score (nSPS) is 22.6. The third-order valence-electron chi connectivity index (χ3n) is 5.87. The molecule has 1 aliphatic rings. The lowest BCUT2D eigenvalue weighted by Gasteiger charge is -2.22. The van der Waals surface area contributed by atoms with Gasteiger partial charge < -0.3 is 10.2 Å². The number of nitrogens with one attached hydrogen (secondary N) is 1. The standard InChI is InChI=1S/C22H32N4O2/c27-20(13-8-11-17-9-4-3-5-10-17)19-15-16-21(28)18(19)12-6-1-2-7-14-22-23-25-26-24-22/h3-5,9-10,13,18-19,21,27-28H,1-2,6-8,11-12,14-16H2,(H,23,24,25,26)/t18-,19+,21+/m1/s1. The number of aliphatic hydroxyl groups is 2. The van der Waals surface area contributed by atoms with Crippen molar-refractivity contribution >= 4 is 0 Å². The fourth-order valence-electron chi connectivity index (χ4n) is 4.30. The fraction of sp³-hybridized carbons (Fsp3) is 0.591. The maximum absolute atomic E-state index is 10.6. The molecule has 0 amide bonds. The Morgan fingerprint density at radius 3 is 2.68 bits per heavy atom. The van der Waals surface area contributed by atoms with Gasteiger partial charge in [-0.05, 0) is 56.1 Å². The maximum Gasteiger partial charge on any atom is 0.174 e. The second kappa shape index (κ2) is 11.0. The highest BCUT2D eigenvalue weighted by Gasteiger charge is 2.36. The highest BCUT2D eigenvalue weighted by Crippen LogP contribution is 2.39. The van der Waals surface area contributed by atoms with Crippen LogP contribution in [0.25, 0.3) is 0 Å². The fourth-order valence-corrected chi connectivity index (χ4v) is 4.30. The molecule has 0 unspecified atom stereocenters. The van der Waals surface area contributed by atoms with Gasteiger partial charge in [0.05, 0.1) is 11.9 Å². The third kappa shape index (κ3) is 6.16. The van der Waals surface area contributed by atoms with E-state index >= 15 is 0 Å². The van der Waals surface area contributed by atoms with Gasteiger partial charge >= 0.3 is 0 Å². The van der Waals surface area contributed by atoms with E-state index in [1.807, 2.05) is 24.3 Å². The Morgan fingerprint density at radius 2 is 1.89 bits per heavy atom. The monoisotopic (exact) mass is 384 g/mol. The molecule has 2 aromatic rings. The quantitative estimate of drug-likeness (QED) is 0.399. The summed E-state index contributed by atoms with van der Waals surface area (Å²) < 4.78 is 0. The molecule has 6 heteroatoms. The van der Waals surface area contributed by atoms with E-state index in [-0.39, 0.29) is 17.9 Å². The van der Waals surface area contributed by atoms with Gasteiger partial charge in [0.2, 0.25) is 0 Å². The number of hydrogen-bond acceptors (Lipinski definition) is 5. The summed E-state index contributed by atoms with van der Waals surface area (Å²) >= 11 is 0. The molecule has 0 saturated heterocycles. The summed E-state index contributed by atoms with van der Waals surface area (Å²) in [7, 11) is 0. The van der Waals surface area contributed by atoms with Crippen molar-refractivity contribution in [2.24, 2.45) is 11.8 Å². The second-order valence-corrected chi connectivity index (χ2v) is 7.85. The van der Waals surface area contributed by atoms with Crippen LogP contribution < -0.4 is 0 Å². The summed E-state index contributed by atoms with van der Waals surface area (Å²) in [4.78, 5) is 0. The SMILES string of the molecule is OC(=CCCc1ccccc1)[C@H]1CC[C@H](O)[C@@H]1CCCCCCc1nn[nH]n1. The maximum atomic E-state index is 10.6. The predicted octanol–water partition coefficient (Wildman–Crippen LogP) is 4.15. The van der Waals surface area contributed by atoms with Crippen molar-refractivity contribution in [3.05, 3.63) is 53.6 Å². The van der Waals surface area contributed by atoms with Crippen LogP contribution in [0, 0.1) is 11.8 Å². The second-order valence-electron chi connectivity index (χ2n) is 7.85. The van der Waals surface area contributed by atoms with Crippen molar-refractivity contribution in [3.8, 4) is 0 Å². The largest absolute Gasteiger partial charge is 0.512 e. The van der Waals surface area contributed by atoms with Crippen molar-refractivity contribution in [1.29, 1.82) is 0 Å². The molecule has 1 heterocycles. The Balaban J connectivity index is 1.38. The highest BCUT2D eigenvalue weighted by atomic mass is 16.3. The van der Waals surface area contributed by atoms with E-state index in [0.29, 0.717) is 5.76 Å². The lowest BCUT2D eigenvalue weighted by molar-refractivity contribution is 0.107. The van der Waals surface area contributed by atoms with E-state index in [1.165, 1.54) is 5.56 Å². The van der Waals surface area contributed by atoms with Crippen LogP contribution in [0.5, 0.6) is 0 Å². The number of hydrogen-bond donors (Lipinski definition) is 3. The van der Waals surface area contributed by atoms with Crippen LogP contribution in [0.15, 0.2) is 42.2 Å². The van der Waals surface area contributed by atoms with Crippen molar-refractivity contribution in [1.82, 2.24) is 20.6 Å². The van der Waals surface area contributed by atoms with Crippen LogP contribution in [-0.2, 0) is 12.8 Å². The number of aryl methyl sites for hydroxylation is 2. The molecule has 6 nitrogen and oxygen atoms in total. The van der Waals surface area contributed by atoms with Gasteiger partial charge in [-0.15, -0.1) is 10.2 Å². The molecule has 3 atom stereocenters. The van der Waals surface area contributed by atoms with Gasteiger partial charge in [-0.25, -0.2) is 0 Å². The van der Waals surface area contributed by atoms with Crippen LogP contribution in [0.2, 0.25) is 0 Å². The lowest BCUT2D eigenvalue weighted by Crippen LogP contribution is -2.20. The number of benzene rings is 1. The van der Waals surface area contributed by atoms with Crippen LogP contribution in [0.3, 0.4) is 0 Å². The van der Waals surface area contributed by atoms with E-state index in [4.69, 9.17) is 0 Å². The van der Waals surface area contributed by atoms with Gasteiger partial charge in [0.25, 0.3) is 0 Å². The number of aromatic nitrogens is 4. The van der Waals surface area contributed by atoms with Gasteiger partial charge in [-0.2, -0.15) is 5.21 Å². The minimum atomic E-state index is -0.283. The van der Waals surface area contributed by atoms with E-state index in [1.54, 1.807) is 0 Å². The van der Waals surface area contributed by atoms with Gasteiger partial charge in [0.1, 0.15) is 0 Å². The molecule has 0 bridgehead atoms. The van der Waals surface area contributed by atoms with E-state index in [0.717, 1.165) is 70.0 Å². The zero-order valence-corrected chi connectivity index (χ0v) is 16.5. The molecular weight excluding hydrogens is 352 g/mol. The first-order chi connectivity index (χ1) is 13.7. The molecule has 1 aromatic heterocycles. The summed E-state index contributed by atoms with van der Waals surface area (Å²) in [5.41, 5.74) is 1.29. The predicted molar refractivity (Wildman–Crippen MR) is 109 cm³/mol. The molecule has 0 spiro atoms. The van der Waals surface area contributed by atoms with Gasteiger partial charge in [0, 0.05) is 12.3 Å². The first-order valence-corrected chi connectivity index (χ1v) is 10.6. The summed E-state index contributed by atoms with van der Waals surface area (Å²) in [5.74, 6) is 1.56. The van der Waals surface area contributed by atoms with E-state index < -0.39 is 0 Å². The Kier molecular flexibility index (Phi) is 8.03. The highest BCUT2D eigenvalue weighted by molar-refractivity contribution is 5.15. The Morgan fingerprint density at radius 1 is 1.07 bits per heavy atom. The molecule has 1 aromatic carbocycles. The molecule has 3 rings (SSSR count). The van der Waals surface area contributed by atoms with Crippen molar-refractivity contribution in [2.45, 2.75) is 70.3 Å². The number of allylic oxidation sites excluding steroid dienone is 2. The van der Waals surface area contributed by atoms with Gasteiger partial charge in [-0.1, -0.05) is 54.8 Å². The number of tetrazole rings is 1. The number of rotatable bonds is 11. The summed E-state index contributed by atoms with van der Waals surface area (Å²) in [6, 6.07) is 10.3. The number of H-pyrrole nitrogens is 1. The number of nitrogens with zero attached hydrogens (tertiary/aromatic N) is 3. The smallest absolute Gasteiger partial charge is 0.174 e. The summed E-state index contributed by atoms with van der Waals surface area (Å²) in [6.07, 6.45) is 11.4. The van der Waals surface area contributed by atoms with Crippen molar-refractivity contribution < 1.29 is 10.2 Å². The molecule has 1 fully saturated rings. The van der Waals surface area contributed by atoms with Crippen molar-refractivity contribution in [3.63, 3.8) is 0 Å². The topological polar surface area (TPSA) is 94.9 Å². The van der Waals surface area contributed by atoms with Crippen LogP contribution in [0.4, 0.5) is 0 Å². The number of aromatic amines is 1. The number of unbranched alkanes of at least 4 members (excludes halogenated alkanes) is 3. The van der Waals surface area contributed by atoms with Crippen LogP contribution >= 0.6 is 0 Å². The Hall–Kier alpha value is -2.21. The lowest BCUT2D eigenvalue weighted by atomic mass is 9.87. The minimum absolute atomic E-state index is 0.116. The number of aliphatic hydroxyl groups excluding tert-OH is 2. The molecule has 0 radical (unpaired) electrons. The summed E-state index contributed by atoms with van der Waals surface area (Å²) in [6.45, 7) is 0. The first kappa shape index (κ1) is 20.5. The molecule has 0 aliphatic heterocycles. The van der Waals surface area contributed by atoms with Crippen molar-refractivity contribution in [2.75, 3.05) is 0 Å². The zero-order chi connectivity index (χ0) is 19.6. The van der Waals surface area contributed by atoms with Crippen LogP contribution in [0.1, 0.15) is 62.8 Å². The molecule has 28 heavy (non-hydrogen) atoms. The first-order valence-electron chi connectivity index (χ1n) is 10.6. The zero-order valence-electron chi connectivity index (χ0n) is 16.5. The van der Waals surface area contributed by atoms with E-state index in [2.05, 4.69) is 32.8 Å². The molecule has 1 saturated carbocycles. The average Bonchev–Trinajstić information content (AvgIpc) is 3.35. The molecule has 152 valence electrons. The molecule has 1 aliphatic carbocycles. The molecular formula is C22H32N4O2. The van der Waals surface area contributed by atoms with Gasteiger partial charge in [0.15, 0.2) is 5.82 Å². The minimum Gasteiger partial charge on any atom is -0.512 e. The average molecular weight is 385 g/mol. The molecule has 3 N–H and O–H groups in total. The Bertz CT molecular complexity index is 703. The third-order valence-corrected chi connectivity index (χ3v) is 5.87. The Labute approximate surface area is 167 Å². The summed E-state index contributed by atoms with van der Waals surface area (Å²) in [5, 5.41) is 34.9. The van der Waals surface area contributed by atoms with Gasteiger partial charge in [-0.3, -0.25) is 0 Å². The van der Waals surface area contributed by atoms with E-state index in [9.17, 15) is 10.2 Å².